The first kappa shape index (κ1) is 18.4. The van der Waals surface area contributed by atoms with Gasteiger partial charge in [0, 0.05) is 18.3 Å². The number of H-pyrrole nitrogens is 1. The van der Waals surface area contributed by atoms with Crippen molar-refractivity contribution in [1.29, 1.82) is 0 Å². The maximum absolute atomic E-state index is 14.0. The fourth-order valence-electron chi connectivity index (χ4n) is 3.80. The van der Waals surface area contributed by atoms with Gasteiger partial charge in [0.1, 0.15) is 5.52 Å². The average Bonchev–Trinajstić information content (AvgIpc) is 3.18. The van der Waals surface area contributed by atoms with Crippen LogP contribution >= 0.6 is 0 Å². The van der Waals surface area contributed by atoms with Gasteiger partial charge in [-0.2, -0.15) is 0 Å². The molecular weight excluding hydrogens is 396 g/mol. The molecular formula is C21H15F2N3O4. The molecule has 1 N–H and O–H groups in total. The number of carbonyl (C=O) groups is 1. The minimum Gasteiger partial charge on any atom is -0.432 e. The van der Waals surface area contributed by atoms with Gasteiger partial charge in [-0.3, -0.25) is 9.59 Å². The molecule has 0 spiro atoms. The van der Waals surface area contributed by atoms with Crippen LogP contribution < -0.4 is 5.56 Å². The van der Waals surface area contributed by atoms with Crippen molar-refractivity contribution < 1.29 is 22.7 Å². The van der Waals surface area contributed by atoms with Crippen molar-refractivity contribution >= 4 is 27.8 Å². The first-order valence-corrected chi connectivity index (χ1v) is 9.18. The summed E-state index contributed by atoms with van der Waals surface area (Å²) < 4.78 is 38.8. The van der Waals surface area contributed by atoms with Gasteiger partial charge in [0.2, 0.25) is 0 Å². The van der Waals surface area contributed by atoms with Crippen molar-refractivity contribution in [1.82, 2.24) is 14.9 Å². The van der Waals surface area contributed by atoms with Gasteiger partial charge in [-0.15, -0.1) is 0 Å². The highest BCUT2D eigenvalue weighted by Crippen LogP contribution is 2.34. The van der Waals surface area contributed by atoms with Gasteiger partial charge in [0.15, 0.2) is 17.2 Å². The summed E-state index contributed by atoms with van der Waals surface area (Å²) in [6.07, 6.45) is 0. The lowest BCUT2D eigenvalue weighted by molar-refractivity contribution is 0.0315. The molecule has 0 unspecified atom stereocenters. The van der Waals surface area contributed by atoms with E-state index in [1.54, 1.807) is 24.3 Å². The number of aromatic amines is 1. The number of hydrogen-bond donors (Lipinski definition) is 1. The number of aromatic nitrogens is 2. The van der Waals surface area contributed by atoms with Crippen LogP contribution in [0.15, 0.2) is 45.6 Å². The number of likely N-dealkylation sites (N-methyl/N-ethyl adjacent to an activating group) is 1. The molecule has 1 atom stereocenters. The molecule has 1 amide bonds. The predicted molar refractivity (Wildman–Crippen MR) is 103 cm³/mol. The number of pyridine rings is 1. The Bertz CT molecular complexity index is 1350. The van der Waals surface area contributed by atoms with E-state index in [9.17, 15) is 18.4 Å². The number of fused-ring (bicyclic) bond motifs is 4. The predicted octanol–water partition coefficient (Wildman–Crippen LogP) is 3.29. The Morgan fingerprint density at radius 1 is 1.20 bits per heavy atom. The normalized spacial score (nSPS) is 16.0. The number of amides is 1. The summed E-state index contributed by atoms with van der Waals surface area (Å²) >= 11 is 0. The number of para-hydroxylation sites is 2. The van der Waals surface area contributed by atoms with Crippen LogP contribution in [0.2, 0.25) is 0 Å². The minimum atomic E-state index is -1.12. The molecule has 4 aromatic rings. The standard InChI is InChI=1S/C21H15F2N3O4/c1-26(21(28)20-25-14-4-2-3-5-17(14)30-20)16-9-29-8-15-18(16)10-6-12(22)13(23)7-11(10)19(27)24-15/h2-7,16H,8-9H2,1H3,(H,24,27)/t16-/m1/s1. The zero-order valence-corrected chi connectivity index (χ0v) is 15.7. The lowest BCUT2D eigenvalue weighted by Gasteiger charge is -2.33. The third-order valence-electron chi connectivity index (χ3n) is 5.30. The molecule has 1 aliphatic heterocycles. The zero-order chi connectivity index (χ0) is 21.0. The second-order valence-electron chi connectivity index (χ2n) is 7.09. The Morgan fingerprint density at radius 2 is 1.93 bits per heavy atom. The fraction of sp³-hybridized carbons (Fsp3) is 0.190. The Balaban J connectivity index is 1.63. The molecule has 0 radical (unpaired) electrons. The van der Waals surface area contributed by atoms with Crippen LogP contribution in [-0.4, -0.2) is 34.4 Å². The number of rotatable bonds is 2. The van der Waals surface area contributed by atoms with E-state index in [1.807, 2.05) is 0 Å². The van der Waals surface area contributed by atoms with E-state index >= 15 is 0 Å². The van der Waals surface area contributed by atoms with E-state index in [4.69, 9.17) is 9.15 Å². The third-order valence-corrected chi connectivity index (χ3v) is 5.30. The monoisotopic (exact) mass is 411 g/mol. The van der Waals surface area contributed by atoms with Gasteiger partial charge in [-0.1, -0.05) is 12.1 Å². The first-order chi connectivity index (χ1) is 14.4. The smallest absolute Gasteiger partial charge is 0.310 e. The molecule has 5 rings (SSSR count). The van der Waals surface area contributed by atoms with Gasteiger partial charge in [0.05, 0.1) is 24.6 Å². The molecule has 2 aromatic carbocycles. The number of halogens is 2. The molecule has 7 nitrogen and oxygen atoms in total. The quantitative estimate of drug-likeness (QED) is 0.547. The summed E-state index contributed by atoms with van der Waals surface area (Å²) in [6, 6.07) is 8.16. The first-order valence-electron chi connectivity index (χ1n) is 9.18. The Kier molecular flexibility index (Phi) is 4.14. The van der Waals surface area contributed by atoms with Gasteiger partial charge < -0.3 is 19.0 Å². The maximum atomic E-state index is 14.0. The summed E-state index contributed by atoms with van der Waals surface area (Å²) in [6.45, 7) is 0.191. The largest absolute Gasteiger partial charge is 0.432 e. The lowest BCUT2D eigenvalue weighted by atomic mass is 9.95. The molecule has 3 heterocycles. The molecule has 0 aliphatic carbocycles. The molecule has 2 aromatic heterocycles. The van der Waals surface area contributed by atoms with Crippen LogP contribution in [0.4, 0.5) is 8.78 Å². The molecule has 9 heteroatoms. The Morgan fingerprint density at radius 3 is 2.70 bits per heavy atom. The summed E-state index contributed by atoms with van der Waals surface area (Å²) in [5.41, 5.74) is 1.37. The highest BCUT2D eigenvalue weighted by atomic mass is 19.2. The summed E-state index contributed by atoms with van der Waals surface area (Å²) in [7, 11) is 1.54. The molecule has 30 heavy (non-hydrogen) atoms. The van der Waals surface area contributed by atoms with E-state index in [-0.39, 0.29) is 29.9 Å². The van der Waals surface area contributed by atoms with Crippen LogP contribution in [0.3, 0.4) is 0 Å². The Hall–Kier alpha value is -3.59. The highest BCUT2D eigenvalue weighted by molar-refractivity contribution is 5.93. The summed E-state index contributed by atoms with van der Waals surface area (Å²) in [5.74, 6) is -2.80. The summed E-state index contributed by atoms with van der Waals surface area (Å²) in [4.78, 5) is 33.6. The number of ether oxygens (including phenoxy) is 1. The van der Waals surface area contributed by atoms with E-state index in [1.165, 1.54) is 11.9 Å². The van der Waals surface area contributed by atoms with Gasteiger partial charge in [-0.25, -0.2) is 13.8 Å². The number of nitrogens with one attached hydrogen (secondary N) is 1. The van der Waals surface area contributed by atoms with Crippen LogP contribution in [0.5, 0.6) is 0 Å². The fourth-order valence-corrected chi connectivity index (χ4v) is 3.80. The highest BCUT2D eigenvalue weighted by Gasteiger charge is 2.33. The number of benzene rings is 2. The summed E-state index contributed by atoms with van der Waals surface area (Å²) in [5, 5.41) is 0.237. The van der Waals surface area contributed by atoms with Crippen molar-refractivity contribution in [2.24, 2.45) is 0 Å². The molecule has 152 valence electrons. The van der Waals surface area contributed by atoms with Crippen LogP contribution in [0.1, 0.15) is 28.0 Å². The lowest BCUT2D eigenvalue weighted by Crippen LogP contribution is -2.37. The number of carbonyl (C=O) groups excluding carboxylic acids is 1. The molecule has 1 aliphatic rings. The minimum absolute atomic E-state index is 0.00209. The number of nitrogens with zero attached hydrogens (tertiary/aromatic N) is 2. The molecule has 0 fully saturated rings. The van der Waals surface area contributed by atoms with Gasteiger partial charge in [-0.05, 0) is 29.7 Å². The van der Waals surface area contributed by atoms with Crippen LogP contribution in [0, 0.1) is 11.6 Å². The Labute approximate surface area is 167 Å². The zero-order valence-electron chi connectivity index (χ0n) is 15.7. The molecule has 0 bridgehead atoms. The average molecular weight is 411 g/mol. The van der Waals surface area contributed by atoms with Crippen molar-refractivity contribution in [2.45, 2.75) is 12.6 Å². The second kappa shape index (κ2) is 6.74. The van der Waals surface area contributed by atoms with E-state index < -0.39 is 29.1 Å². The second-order valence-corrected chi connectivity index (χ2v) is 7.09. The van der Waals surface area contributed by atoms with E-state index in [0.29, 0.717) is 22.4 Å². The van der Waals surface area contributed by atoms with Crippen molar-refractivity contribution in [2.75, 3.05) is 13.7 Å². The van der Waals surface area contributed by atoms with Crippen molar-refractivity contribution in [3.8, 4) is 0 Å². The number of oxazole rings is 1. The van der Waals surface area contributed by atoms with Gasteiger partial charge >= 0.3 is 5.91 Å². The molecule has 0 saturated heterocycles. The van der Waals surface area contributed by atoms with Crippen molar-refractivity contribution in [3.05, 3.63) is 75.5 Å². The van der Waals surface area contributed by atoms with E-state index in [0.717, 1.165) is 12.1 Å². The maximum Gasteiger partial charge on any atom is 0.310 e. The van der Waals surface area contributed by atoms with E-state index in [2.05, 4.69) is 9.97 Å². The third kappa shape index (κ3) is 2.78. The topological polar surface area (TPSA) is 88.4 Å². The van der Waals surface area contributed by atoms with Crippen molar-refractivity contribution in [3.63, 3.8) is 0 Å². The SMILES string of the molecule is CN(C(=O)c1nc2ccccc2o1)[C@@H]1COCc2[nH]c(=O)c3cc(F)c(F)cc3c21. The number of hydrogen-bond acceptors (Lipinski definition) is 5. The van der Waals surface area contributed by atoms with Crippen LogP contribution in [-0.2, 0) is 11.3 Å². The molecule has 0 saturated carbocycles. The van der Waals surface area contributed by atoms with Crippen LogP contribution in [0.25, 0.3) is 21.9 Å². The van der Waals surface area contributed by atoms with Gasteiger partial charge in [0.25, 0.3) is 11.4 Å².